The van der Waals surface area contributed by atoms with Crippen LogP contribution in [0.5, 0.6) is 5.88 Å². The van der Waals surface area contributed by atoms with Crippen molar-refractivity contribution in [3.63, 3.8) is 0 Å². The molecule has 1 N–H and O–H groups in total. The number of aromatic nitrogens is 1. The number of hydrogen-bond donors (Lipinski definition) is 1. The molecule has 0 aliphatic heterocycles. The first-order chi connectivity index (χ1) is 15.1. The molecule has 0 fully saturated rings. The number of para-hydroxylation sites is 1. The van der Waals surface area contributed by atoms with Gasteiger partial charge in [-0.2, -0.15) is 0 Å². The van der Waals surface area contributed by atoms with Gasteiger partial charge in [-0.25, -0.2) is 0 Å². The number of aliphatic imine (C=N–C) groups is 1. The van der Waals surface area contributed by atoms with Crippen molar-refractivity contribution in [2.75, 3.05) is 0 Å². The Morgan fingerprint density at radius 2 is 1.62 bits per heavy atom. The average Bonchev–Trinajstić information content (AvgIpc) is 2.74. The van der Waals surface area contributed by atoms with Crippen molar-refractivity contribution < 1.29 is 25.6 Å². The number of pyridine rings is 1. The third-order valence-electron chi connectivity index (χ3n) is 5.10. The molecule has 7 heteroatoms. The molecule has 0 aliphatic carbocycles. The van der Waals surface area contributed by atoms with Crippen LogP contribution in [0.1, 0.15) is 61.0 Å². The van der Waals surface area contributed by atoms with E-state index < -0.39 is 0 Å². The Morgan fingerprint density at radius 1 is 1.03 bits per heavy atom. The number of rotatable bonds is 6. The normalized spacial score (nSPS) is 11.7. The van der Waals surface area contributed by atoms with Crippen LogP contribution < -0.4 is 4.50 Å². The van der Waals surface area contributed by atoms with E-state index in [0.29, 0.717) is 24.7 Å². The number of aromatic hydroxyl groups is 1. The SMILES string of the molecule is CC(C)c1cccc(C(C)C)c1N=CC(=O)c1c(Br)c(Br)nc(O)c1-c1cccc[c]1[Co]. The summed E-state index contributed by atoms with van der Waals surface area (Å²) < 4.78 is 1.39. The first-order valence-corrected chi connectivity index (χ1v) is 12.3. The summed E-state index contributed by atoms with van der Waals surface area (Å²) in [6, 6.07) is 13.3. The van der Waals surface area contributed by atoms with E-state index in [1.807, 2.05) is 30.3 Å². The van der Waals surface area contributed by atoms with Crippen molar-refractivity contribution in [2.45, 2.75) is 39.5 Å². The predicted octanol–water partition coefficient (Wildman–Crippen LogP) is 6.98. The molecule has 1 aromatic heterocycles. The molecule has 0 unspecified atom stereocenters. The van der Waals surface area contributed by atoms with Crippen molar-refractivity contribution in [1.29, 1.82) is 0 Å². The Morgan fingerprint density at radius 3 is 2.19 bits per heavy atom. The molecule has 1 heterocycles. The Kier molecular flexibility index (Phi) is 8.09. The Balaban J connectivity index is 2.19. The first kappa shape index (κ1) is 24.8. The van der Waals surface area contributed by atoms with Gasteiger partial charge in [-0.15, -0.1) is 0 Å². The number of carbonyl (C=O) groups excluding carboxylic acids is 1. The molecule has 0 spiro atoms. The minimum absolute atomic E-state index is 0.258. The van der Waals surface area contributed by atoms with Gasteiger partial charge >= 0.3 is 214 Å². The Bertz CT molecular complexity index is 1180. The summed E-state index contributed by atoms with van der Waals surface area (Å²) in [6.45, 7) is 8.43. The van der Waals surface area contributed by atoms with Gasteiger partial charge in [0.1, 0.15) is 0 Å². The van der Waals surface area contributed by atoms with Crippen LogP contribution in [-0.2, 0) is 15.7 Å². The van der Waals surface area contributed by atoms with E-state index in [-0.39, 0.29) is 29.1 Å². The third kappa shape index (κ3) is 5.06. The summed E-state index contributed by atoms with van der Waals surface area (Å²) in [7, 11) is 0. The van der Waals surface area contributed by atoms with E-state index in [1.54, 1.807) is 12.1 Å². The molecule has 0 saturated carbocycles. The molecule has 3 aromatic rings. The van der Waals surface area contributed by atoms with Crippen molar-refractivity contribution in [3.8, 4) is 17.0 Å². The van der Waals surface area contributed by atoms with Gasteiger partial charge in [0.2, 0.25) is 0 Å². The Labute approximate surface area is 213 Å². The van der Waals surface area contributed by atoms with Crippen molar-refractivity contribution in [1.82, 2.24) is 4.98 Å². The summed E-state index contributed by atoms with van der Waals surface area (Å²) in [5.74, 6) is -0.0989. The van der Waals surface area contributed by atoms with Gasteiger partial charge in [0.05, 0.1) is 0 Å². The molecule has 2 aromatic carbocycles. The molecule has 0 aliphatic rings. The van der Waals surface area contributed by atoms with Crippen LogP contribution in [0.4, 0.5) is 5.69 Å². The molecule has 4 nitrogen and oxygen atoms in total. The van der Waals surface area contributed by atoms with E-state index in [4.69, 9.17) is 0 Å². The molecular formula is C25H23Br2CoN2O2. The first-order valence-electron chi connectivity index (χ1n) is 10.1. The summed E-state index contributed by atoms with van der Waals surface area (Å²) in [5.41, 5.74) is 4.16. The second-order valence-electron chi connectivity index (χ2n) is 7.96. The number of benzene rings is 2. The van der Waals surface area contributed by atoms with Gasteiger partial charge in [-0.3, -0.25) is 0 Å². The van der Waals surface area contributed by atoms with Crippen molar-refractivity contribution in [2.24, 2.45) is 4.99 Å². The van der Waals surface area contributed by atoms with Gasteiger partial charge in [0, 0.05) is 0 Å². The van der Waals surface area contributed by atoms with Crippen LogP contribution in [0.3, 0.4) is 0 Å². The van der Waals surface area contributed by atoms with E-state index in [1.165, 1.54) is 6.21 Å². The van der Waals surface area contributed by atoms with E-state index in [2.05, 4.69) is 85.3 Å². The number of ketones is 1. The standard InChI is InChI=1S/C25H23Br2N2O2.Co/c1-14(2)17-11-8-12-18(15(3)4)23(17)28-13-19(30)21-20(16-9-6-5-7-10-16)25(31)29-24(27)22(21)26;/h5-9,11-15H,1-4H3,(H,29,31);. The fourth-order valence-electron chi connectivity index (χ4n) is 3.51. The van der Waals surface area contributed by atoms with E-state index in [9.17, 15) is 9.90 Å². The second kappa shape index (κ2) is 10.4. The zero-order valence-corrected chi connectivity index (χ0v) is 22.3. The molecule has 168 valence electrons. The van der Waals surface area contributed by atoms with E-state index >= 15 is 0 Å². The van der Waals surface area contributed by atoms with Crippen LogP contribution in [0, 0.1) is 0 Å². The number of carbonyl (C=O) groups is 1. The maximum atomic E-state index is 13.4. The zero-order valence-electron chi connectivity index (χ0n) is 18.1. The van der Waals surface area contributed by atoms with Gasteiger partial charge in [0.15, 0.2) is 0 Å². The van der Waals surface area contributed by atoms with Gasteiger partial charge in [-0.1, -0.05) is 0 Å². The van der Waals surface area contributed by atoms with Crippen molar-refractivity contribution in [3.05, 3.63) is 68.2 Å². The molecule has 3 rings (SSSR count). The fourth-order valence-corrected chi connectivity index (χ4v) is 4.67. The monoisotopic (exact) mass is 600 g/mol. The second-order valence-corrected chi connectivity index (χ2v) is 10.1. The van der Waals surface area contributed by atoms with Crippen LogP contribution in [0.2, 0.25) is 0 Å². The molecule has 0 atom stereocenters. The van der Waals surface area contributed by atoms with Crippen LogP contribution >= 0.6 is 31.9 Å². The Hall–Kier alpha value is -1.80. The minimum atomic E-state index is -0.353. The molecule has 0 amide bonds. The molecule has 0 bridgehead atoms. The van der Waals surface area contributed by atoms with Gasteiger partial charge in [0.25, 0.3) is 0 Å². The van der Waals surface area contributed by atoms with Crippen LogP contribution in [0.25, 0.3) is 11.1 Å². The van der Waals surface area contributed by atoms with Crippen molar-refractivity contribution >= 4 is 54.0 Å². The number of halogens is 2. The number of Topliss-reactive ketones (excluding diaryl/α,β-unsaturated/α-hetero) is 1. The summed E-state index contributed by atoms with van der Waals surface area (Å²) >= 11 is 11.3. The quantitative estimate of drug-likeness (QED) is 0.188. The van der Waals surface area contributed by atoms with Crippen LogP contribution in [-0.4, -0.2) is 22.1 Å². The van der Waals surface area contributed by atoms with Gasteiger partial charge in [-0.05, 0) is 0 Å². The summed E-state index contributed by atoms with van der Waals surface area (Å²) in [4.78, 5) is 22.2. The summed E-state index contributed by atoms with van der Waals surface area (Å²) in [5, 5.41) is 10.6. The molecule has 0 saturated heterocycles. The predicted molar refractivity (Wildman–Crippen MR) is 133 cm³/mol. The van der Waals surface area contributed by atoms with E-state index in [0.717, 1.165) is 16.8 Å². The summed E-state index contributed by atoms with van der Waals surface area (Å²) in [6.07, 6.45) is 1.32. The zero-order chi connectivity index (χ0) is 23.6. The molecule has 32 heavy (non-hydrogen) atoms. The molecule has 0 radical (unpaired) electrons. The topological polar surface area (TPSA) is 62.5 Å². The average molecular weight is 602 g/mol. The maximum absolute atomic E-state index is 13.4. The van der Waals surface area contributed by atoms with Gasteiger partial charge < -0.3 is 0 Å². The number of hydrogen-bond acceptors (Lipinski definition) is 4. The van der Waals surface area contributed by atoms with Crippen LogP contribution in [0.15, 0.2) is 56.5 Å². The number of nitrogens with zero attached hydrogens (tertiary/aromatic N) is 2. The third-order valence-corrected chi connectivity index (χ3v) is 7.43. The molecular weight excluding hydrogens is 579 g/mol. The fraction of sp³-hybridized carbons (Fsp3) is 0.240.